The molecule has 0 bridgehead atoms. The van der Waals surface area contributed by atoms with Crippen molar-refractivity contribution < 1.29 is 14.3 Å². The molecule has 4 heteroatoms. The van der Waals surface area contributed by atoms with Crippen molar-refractivity contribution in [2.24, 2.45) is 0 Å². The Labute approximate surface area is 115 Å². The Balaban J connectivity index is 1.79. The molecule has 0 atom stereocenters. The molecule has 0 saturated carbocycles. The Morgan fingerprint density at radius 2 is 2.00 bits per heavy atom. The van der Waals surface area contributed by atoms with Crippen molar-refractivity contribution in [1.29, 1.82) is 0 Å². The molecule has 0 fully saturated rings. The van der Waals surface area contributed by atoms with E-state index in [2.05, 4.69) is 5.32 Å². The lowest BCUT2D eigenvalue weighted by atomic mass is 10.1. The highest BCUT2D eigenvalue weighted by Crippen LogP contribution is 2.25. The van der Waals surface area contributed by atoms with Gasteiger partial charge in [-0.1, -0.05) is 24.3 Å². The Bertz CT molecular complexity index is 761. The molecular formula is C16H13NO3. The number of anilines is 1. The topological polar surface area (TPSA) is 62.5 Å². The fourth-order valence-electron chi connectivity index (χ4n) is 2.13. The second-order valence-electron chi connectivity index (χ2n) is 4.50. The fourth-order valence-corrected chi connectivity index (χ4v) is 2.13. The summed E-state index contributed by atoms with van der Waals surface area (Å²) >= 11 is 0. The highest BCUT2D eigenvalue weighted by molar-refractivity contribution is 5.90. The standard InChI is InChI=1S/C16H13NO3/c18-16(19)12-5-3-4-11(8-12)9-17-14-10-20-15-7-2-1-6-13(14)15/h1-8,10,17H,9H2,(H,18,19). The second kappa shape index (κ2) is 5.09. The number of fused-ring (bicyclic) bond motifs is 1. The maximum atomic E-state index is 10.9. The minimum Gasteiger partial charge on any atom is -0.478 e. The lowest BCUT2D eigenvalue weighted by Crippen LogP contribution is -2.01. The van der Waals surface area contributed by atoms with E-state index in [9.17, 15) is 4.79 Å². The molecule has 0 radical (unpaired) electrons. The molecule has 3 aromatic rings. The zero-order chi connectivity index (χ0) is 13.9. The molecule has 0 aliphatic heterocycles. The molecule has 1 aromatic heterocycles. The van der Waals surface area contributed by atoms with Gasteiger partial charge in [0.25, 0.3) is 0 Å². The van der Waals surface area contributed by atoms with Gasteiger partial charge in [0, 0.05) is 11.9 Å². The van der Waals surface area contributed by atoms with E-state index in [-0.39, 0.29) is 0 Å². The van der Waals surface area contributed by atoms with Crippen LogP contribution in [0.5, 0.6) is 0 Å². The van der Waals surface area contributed by atoms with Crippen molar-refractivity contribution >= 4 is 22.6 Å². The van der Waals surface area contributed by atoms with Crippen molar-refractivity contribution in [1.82, 2.24) is 0 Å². The Hall–Kier alpha value is -2.75. The first-order valence-corrected chi connectivity index (χ1v) is 6.26. The first-order valence-electron chi connectivity index (χ1n) is 6.26. The molecule has 0 aliphatic rings. The summed E-state index contributed by atoms with van der Waals surface area (Å²) in [5, 5.41) is 13.2. The quantitative estimate of drug-likeness (QED) is 0.755. The van der Waals surface area contributed by atoms with Crippen molar-refractivity contribution in [2.75, 3.05) is 5.32 Å². The van der Waals surface area contributed by atoms with Gasteiger partial charge in [-0.3, -0.25) is 0 Å². The number of rotatable bonds is 4. The van der Waals surface area contributed by atoms with Gasteiger partial charge >= 0.3 is 5.97 Å². The number of carboxylic acids is 1. The van der Waals surface area contributed by atoms with Gasteiger partial charge in [-0.05, 0) is 29.8 Å². The van der Waals surface area contributed by atoms with Gasteiger partial charge in [-0.25, -0.2) is 4.79 Å². The number of furan rings is 1. The van der Waals surface area contributed by atoms with Crippen molar-refractivity contribution in [3.8, 4) is 0 Å². The van der Waals surface area contributed by atoms with E-state index in [1.54, 1.807) is 24.5 Å². The highest BCUT2D eigenvalue weighted by atomic mass is 16.4. The Morgan fingerprint density at radius 3 is 2.85 bits per heavy atom. The fraction of sp³-hybridized carbons (Fsp3) is 0.0625. The maximum absolute atomic E-state index is 10.9. The molecular weight excluding hydrogens is 254 g/mol. The van der Waals surface area contributed by atoms with Crippen molar-refractivity contribution in [2.45, 2.75) is 6.54 Å². The van der Waals surface area contributed by atoms with Crippen LogP contribution in [0.15, 0.2) is 59.2 Å². The number of hydrogen-bond acceptors (Lipinski definition) is 3. The SMILES string of the molecule is O=C(O)c1cccc(CNc2coc3ccccc23)c1. The van der Waals surface area contributed by atoms with Crippen molar-refractivity contribution in [3.05, 3.63) is 65.9 Å². The van der Waals surface area contributed by atoms with Gasteiger partial charge in [-0.15, -0.1) is 0 Å². The molecule has 20 heavy (non-hydrogen) atoms. The summed E-state index contributed by atoms with van der Waals surface area (Å²) in [6.45, 7) is 0.546. The highest BCUT2D eigenvalue weighted by Gasteiger charge is 2.06. The van der Waals surface area contributed by atoms with Crippen LogP contribution in [0.3, 0.4) is 0 Å². The predicted octanol–water partition coefficient (Wildman–Crippen LogP) is 3.74. The summed E-state index contributed by atoms with van der Waals surface area (Å²) in [4.78, 5) is 10.9. The molecule has 3 rings (SSSR count). The summed E-state index contributed by atoms with van der Waals surface area (Å²) in [6, 6.07) is 14.6. The third-order valence-electron chi connectivity index (χ3n) is 3.14. The summed E-state index contributed by atoms with van der Waals surface area (Å²) in [5.41, 5.74) is 2.94. The van der Waals surface area contributed by atoms with Crippen LogP contribution in [0.4, 0.5) is 5.69 Å². The molecule has 2 N–H and O–H groups in total. The monoisotopic (exact) mass is 267 g/mol. The Morgan fingerprint density at radius 1 is 1.15 bits per heavy atom. The van der Waals surface area contributed by atoms with Crippen LogP contribution in [0.25, 0.3) is 11.0 Å². The summed E-state index contributed by atoms with van der Waals surface area (Å²) in [5.74, 6) is -0.916. The smallest absolute Gasteiger partial charge is 0.335 e. The average molecular weight is 267 g/mol. The molecule has 0 spiro atoms. The normalized spacial score (nSPS) is 10.6. The van der Waals surface area contributed by atoms with E-state index in [0.29, 0.717) is 12.1 Å². The number of carboxylic acid groups (broad SMARTS) is 1. The molecule has 0 aliphatic carbocycles. The minimum atomic E-state index is -0.916. The van der Waals surface area contributed by atoms with E-state index in [0.717, 1.165) is 22.2 Å². The van der Waals surface area contributed by atoms with Crippen LogP contribution >= 0.6 is 0 Å². The summed E-state index contributed by atoms with van der Waals surface area (Å²) in [6.07, 6.45) is 1.67. The number of carbonyl (C=O) groups is 1. The van der Waals surface area contributed by atoms with Crippen molar-refractivity contribution in [3.63, 3.8) is 0 Å². The lowest BCUT2D eigenvalue weighted by molar-refractivity contribution is 0.0697. The molecule has 2 aromatic carbocycles. The Kier molecular flexibility index (Phi) is 3.13. The van der Waals surface area contributed by atoms with Gasteiger partial charge in [0.15, 0.2) is 0 Å². The third-order valence-corrected chi connectivity index (χ3v) is 3.14. The van der Waals surface area contributed by atoms with E-state index >= 15 is 0 Å². The minimum absolute atomic E-state index is 0.293. The van der Waals surface area contributed by atoms with E-state index in [1.807, 2.05) is 30.3 Å². The first-order chi connectivity index (χ1) is 9.74. The number of hydrogen-bond donors (Lipinski definition) is 2. The predicted molar refractivity (Wildman–Crippen MR) is 76.9 cm³/mol. The average Bonchev–Trinajstić information content (AvgIpc) is 2.89. The van der Waals surface area contributed by atoms with Gasteiger partial charge < -0.3 is 14.8 Å². The van der Waals surface area contributed by atoms with Crippen LogP contribution in [0.2, 0.25) is 0 Å². The summed E-state index contributed by atoms with van der Waals surface area (Å²) < 4.78 is 5.44. The van der Waals surface area contributed by atoms with E-state index in [1.165, 1.54) is 0 Å². The first kappa shape index (κ1) is 12.3. The third kappa shape index (κ3) is 2.36. The largest absolute Gasteiger partial charge is 0.478 e. The molecule has 4 nitrogen and oxygen atoms in total. The van der Waals surface area contributed by atoms with E-state index < -0.39 is 5.97 Å². The second-order valence-corrected chi connectivity index (χ2v) is 4.50. The molecule has 0 unspecified atom stereocenters. The van der Waals surface area contributed by atoms with Crippen LogP contribution in [-0.2, 0) is 6.54 Å². The number of aromatic carboxylic acids is 1. The van der Waals surface area contributed by atoms with Crippen LogP contribution in [0.1, 0.15) is 15.9 Å². The molecule has 100 valence electrons. The zero-order valence-electron chi connectivity index (χ0n) is 10.7. The van der Waals surface area contributed by atoms with Crippen LogP contribution in [0, 0.1) is 0 Å². The molecule has 1 heterocycles. The zero-order valence-corrected chi connectivity index (χ0v) is 10.7. The van der Waals surface area contributed by atoms with Gasteiger partial charge in [0.2, 0.25) is 0 Å². The number of para-hydroxylation sites is 1. The number of nitrogens with one attached hydrogen (secondary N) is 1. The van der Waals surface area contributed by atoms with Gasteiger partial charge in [0.1, 0.15) is 11.8 Å². The number of benzene rings is 2. The lowest BCUT2D eigenvalue weighted by Gasteiger charge is -2.05. The maximum Gasteiger partial charge on any atom is 0.335 e. The molecule has 0 amide bonds. The van der Waals surface area contributed by atoms with E-state index in [4.69, 9.17) is 9.52 Å². The van der Waals surface area contributed by atoms with Crippen LogP contribution < -0.4 is 5.32 Å². The van der Waals surface area contributed by atoms with Gasteiger partial charge in [0.05, 0.1) is 11.3 Å². The summed E-state index contributed by atoms with van der Waals surface area (Å²) in [7, 11) is 0. The molecule has 0 saturated heterocycles. The van der Waals surface area contributed by atoms with Gasteiger partial charge in [-0.2, -0.15) is 0 Å². The van der Waals surface area contributed by atoms with Crippen LogP contribution in [-0.4, -0.2) is 11.1 Å².